The summed E-state index contributed by atoms with van der Waals surface area (Å²) >= 11 is 0. The molecule has 108 valence electrons. The average molecular weight is 281 g/mol. The number of hydrogen-bond donors (Lipinski definition) is 2. The van der Waals surface area contributed by atoms with Gasteiger partial charge in [0.05, 0.1) is 13.7 Å². The molecule has 1 heterocycles. The minimum atomic E-state index is -1.39. The van der Waals surface area contributed by atoms with Crippen LogP contribution in [0.2, 0.25) is 0 Å². The number of fused-ring (bicyclic) bond motifs is 1. The Morgan fingerprint density at radius 2 is 2.05 bits per heavy atom. The van der Waals surface area contributed by atoms with Crippen LogP contribution in [0.5, 0.6) is 11.5 Å². The molecular formula is C13H15NO6. The van der Waals surface area contributed by atoms with Crippen molar-refractivity contribution in [2.45, 2.75) is 6.10 Å². The largest absolute Gasteiger partial charge is 0.486 e. The summed E-state index contributed by atoms with van der Waals surface area (Å²) in [5.74, 6) is -0.141. The lowest BCUT2D eigenvalue weighted by molar-refractivity contribution is -0.149. The number of aliphatic hydroxyl groups is 1. The minimum absolute atomic E-state index is 0.222. The van der Waals surface area contributed by atoms with E-state index in [-0.39, 0.29) is 6.54 Å². The van der Waals surface area contributed by atoms with Gasteiger partial charge in [0.1, 0.15) is 13.2 Å². The molecule has 0 saturated heterocycles. The number of esters is 1. The Morgan fingerprint density at radius 1 is 1.35 bits per heavy atom. The molecule has 0 spiro atoms. The number of amides is 1. The van der Waals surface area contributed by atoms with Crippen LogP contribution in [-0.2, 0) is 9.53 Å². The fraction of sp³-hybridized carbons (Fsp3) is 0.385. The second-order valence-corrected chi connectivity index (χ2v) is 4.11. The number of aliphatic hydroxyl groups excluding tert-OH is 1. The van der Waals surface area contributed by atoms with E-state index in [9.17, 15) is 14.7 Å². The van der Waals surface area contributed by atoms with Gasteiger partial charge in [0.2, 0.25) is 0 Å². The third-order valence-corrected chi connectivity index (χ3v) is 2.73. The summed E-state index contributed by atoms with van der Waals surface area (Å²) in [6.45, 7) is 0.683. The molecular weight excluding hydrogens is 266 g/mol. The topological polar surface area (TPSA) is 94.1 Å². The Hall–Kier alpha value is -2.28. The fourth-order valence-electron chi connectivity index (χ4n) is 1.70. The molecule has 0 bridgehead atoms. The van der Waals surface area contributed by atoms with Crippen LogP contribution in [-0.4, -0.2) is 50.0 Å². The maximum absolute atomic E-state index is 11.9. The van der Waals surface area contributed by atoms with E-state index in [2.05, 4.69) is 10.1 Å². The average Bonchev–Trinajstić information content (AvgIpc) is 2.50. The molecule has 1 unspecified atom stereocenters. The first-order valence-corrected chi connectivity index (χ1v) is 6.05. The lowest BCUT2D eigenvalue weighted by Crippen LogP contribution is -2.37. The van der Waals surface area contributed by atoms with Gasteiger partial charge in [-0.15, -0.1) is 0 Å². The van der Waals surface area contributed by atoms with Crippen molar-refractivity contribution in [2.24, 2.45) is 0 Å². The van der Waals surface area contributed by atoms with Gasteiger partial charge in [-0.05, 0) is 18.2 Å². The number of rotatable bonds is 4. The van der Waals surface area contributed by atoms with Crippen LogP contribution >= 0.6 is 0 Å². The highest BCUT2D eigenvalue weighted by Gasteiger charge is 2.18. The number of hydrogen-bond acceptors (Lipinski definition) is 6. The molecule has 7 heteroatoms. The zero-order valence-electron chi connectivity index (χ0n) is 10.9. The van der Waals surface area contributed by atoms with Crippen molar-refractivity contribution < 1.29 is 28.9 Å². The molecule has 20 heavy (non-hydrogen) atoms. The molecule has 0 aliphatic carbocycles. The maximum atomic E-state index is 11.9. The van der Waals surface area contributed by atoms with Crippen molar-refractivity contribution in [1.82, 2.24) is 5.32 Å². The molecule has 1 atom stereocenters. The zero-order chi connectivity index (χ0) is 14.5. The third kappa shape index (κ3) is 3.18. The fourth-order valence-corrected chi connectivity index (χ4v) is 1.70. The van der Waals surface area contributed by atoms with E-state index in [4.69, 9.17) is 9.47 Å². The number of ether oxygens (including phenoxy) is 3. The van der Waals surface area contributed by atoms with E-state index in [1.54, 1.807) is 18.2 Å². The quantitative estimate of drug-likeness (QED) is 0.737. The van der Waals surface area contributed by atoms with Crippen LogP contribution < -0.4 is 14.8 Å². The normalized spacial score (nSPS) is 14.3. The molecule has 1 aliphatic rings. The molecule has 0 fully saturated rings. The standard InChI is InChI=1S/C13H15NO6/c1-18-13(17)9(15)7-14-12(16)8-2-3-10-11(6-8)20-5-4-19-10/h2-3,6,9,15H,4-5,7H2,1H3,(H,14,16). The summed E-state index contributed by atoms with van der Waals surface area (Å²) in [6.07, 6.45) is -1.39. The predicted molar refractivity (Wildman–Crippen MR) is 67.8 cm³/mol. The first kappa shape index (κ1) is 14.1. The lowest BCUT2D eigenvalue weighted by Gasteiger charge is -2.18. The predicted octanol–water partition coefficient (Wildman–Crippen LogP) is -0.279. The molecule has 0 saturated carbocycles. The first-order valence-electron chi connectivity index (χ1n) is 6.05. The third-order valence-electron chi connectivity index (χ3n) is 2.73. The molecule has 2 rings (SSSR count). The van der Waals surface area contributed by atoms with Gasteiger partial charge in [-0.2, -0.15) is 0 Å². The highest BCUT2D eigenvalue weighted by atomic mass is 16.6. The van der Waals surface area contributed by atoms with Crippen LogP contribution in [0.15, 0.2) is 18.2 Å². The molecule has 2 N–H and O–H groups in total. The Morgan fingerprint density at radius 3 is 2.75 bits per heavy atom. The highest BCUT2D eigenvalue weighted by molar-refractivity contribution is 5.95. The van der Waals surface area contributed by atoms with E-state index in [1.165, 1.54) is 0 Å². The lowest BCUT2D eigenvalue weighted by atomic mass is 10.1. The zero-order valence-corrected chi connectivity index (χ0v) is 10.9. The van der Waals surface area contributed by atoms with Crippen molar-refractivity contribution in [3.8, 4) is 11.5 Å². The number of carbonyl (C=O) groups is 2. The van der Waals surface area contributed by atoms with Crippen molar-refractivity contribution in [3.05, 3.63) is 23.8 Å². The van der Waals surface area contributed by atoms with Gasteiger partial charge < -0.3 is 24.6 Å². The Bertz CT molecular complexity index is 516. The number of nitrogens with one attached hydrogen (secondary N) is 1. The van der Waals surface area contributed by atoms with Gasteiger partial charge in [0, 0.05) is 5.56 Å². The minimum Gasteiger partial charge on any atom is -0.486 e. The summed E-state index contributed by atoms with van der Waals surface area (Å²) in [7, 11) is 1.16. The summed E-state index contributed by atoms with van der Waals surface area (Å²) in [5, 5.41) is 11.8. The van der Waals surface area contributed by atoms with E-state index < -0.39 is 18.0 Å². The van der Waals surface area contributed by atoms with E-state index in [1.807, 2.05) is 0 Å². The van der Waals surface area contributed by atoms with E-state index in [0.29, 0.717) is 30.3 Å². The Kier molecular flexibility index (Phi) is 4.41. The Balaban J connectivity index is 1.97. The van der Waals surface area contributed by atoms with Crippen LogP contribution in [0.3, 0.4) is 0 Å². The number of benzene rings is 1. The summed E-state index contributed by atoms with van der Waals surface area (Å²) < 4.78 is 15.1. The first-order chi connectivity index (χ1) is 9.61. The summed E-state index contributed by atoms with van der Waals surface area (Å²) in [6, 6.07) is 4.77. The van der Waals surface area contributed by atoms with Crippen molar-refractivity contribution in [2.75, 3.05) is 26.9 Å². The van der Waals surface area contributed by atoms with E-state index in [0.717, 1.165) is 7.11 Å². The molecule has 0 radical (unpaired) electrons. The van der Waals surface area contributed by atoms with Gasteiger partial charge in [0.15, 0.2) is 17.6 Å². The second-order valence-electron chi connectivity index (χ2n) is 4.11. The molecule has 7 nitrogen and oxygen atoms in total. The molecule has 1 aromatic carbocycles. The number of methoxy groups -OCH3 is 1. The van der Waals surface area contributed by atoms with Gasteiger partial charge >= 0.3 is 5.97 Å². The second kappa shape index (κ2) is 6.25. The Labute approximate surface area is 115 Å². The summed E-state index contributed by atoms with van der Waals surface area (Å²) in [4.78, 5) is 22.9. The number of carbonyl (C=O) groups excluding carboxylic acids is 2. The highest BCUT2D eigenvalue weighted by Crippen LogP contribution is 2.30. The van der Waals surface area contributed by atoms with Crippen LogP contribution in [0, 0.1) is 0 Å². The van der Waals surface area contributed by atoms with Crippen LogP contribution in [0.1, 0.15) is 10.4 Å². The van der Waals surface area contributed by atoms with Gasteiger partial charge in [-0.25, -0.2) is 4.79 Å². The van der Waals surface area contributed by atoms with Crippen LogP contribution in [0.25, 0.3) is 0 Å². The van der Waals surface area contributed by atoms with Crippen molar-refractivity contribution in [1.29, 1.82) is 0 Å². The van der Waals surface area contributed by atoms with E-state index >= 15 is 0 Å². The smallest absolute Gasteiger partial charge is 0.336 e. The SMILES string of the molecule is COC(=O)C(O)CNC(=O)c1ccc2c(c1)OCCO2. The van der Waals surface area contributed by atoms with Crippen molar-refractivity contribution >= 4 is 11.9 Å². The molecule has 1 amide bonds. The maximum Gasteiger partial charge on any atom is 0.336 e. The van der Waals surface area contributed by atoms with Crippen LogP contribution in [0.4, 0.5) is 0 Å². The van der Waals surface area contributed by atoms with Gasteiger partial charge in [-0.1, -0.05) is 0 Å². The molecule has 0 aromatic heterocycles. The van der Waals surface area contributed by atoms with Crippen molar-refractivity contribution in [3.63, 3.8) is 0 Å². The molecule has 1 aromatic rings. The van der Waals surface area contributed by atoms with Gasteiger partial charge in [-0.3, -0.25) is 4.79 Å². The summed E-state index contributed by atoms with van der Waals surface area (Å²) in [5.41, 5.74) is 0.353. The van der Waals surface area contributed by atoms with Gasteiger partial charge in [0.25, 0.3) is 5.91 Å². The molecule has 1 aliphatic heterocycles. The monoisotopic (exact) mass is 281 g/mol.